The third-order valence-electron chi connectivity index (χ3n) is 4.05. The van der Waals surface area contributed by atoms with Crippen LogP contribution in [0.25, 0.3) is 0 Å². The monoisotopic (exact) mass is 476 g/mol. The maximum Gasteiger partial charge on any atom is 0.416 e. The SMILES string of the molecule is O=C(N/N=C\c1ccccc1OCc1ccc(Br)cc1)c1cccc(C(F)(F)F)c1. The molecular weight excluding hydrogens is 461 g/mol. The second-order valence-corrected chi connectivity index (χ2v) is 7.15. The molecule has 1 amide bonds. The molecule has 0 atom stereocenters. The third kappa shape index (κ3) is 5.93. The van der Waals surface area contributed by atoms with Crippen LogP contribution in [0, 0.1) is 0 Å². The van der Waals surface area contributed by atoms with Gasteiger partial charge in [-0.15, -0.1) is 0 Å². The van der Waals surface area contributed by atoms with Crippen LogP contribution in [0.2, 0.25) is 0 Å². The zero-order valence-corrected chi connectivity index (χ0v) is 17.1. The highest BCUT2D eigenvalue weighted by Crippen LogP contribution is 2.29. The fraction of sp³-hybridized carbons (Fsp3) is 0.0909. The second-order valence-electron chi connectivity index (χ2n) is 6.23. The standard InChI is InChI=1S/C22H16BrF3N2O2/c23-19-10-8-15(9-11-19)14-30-20-7-2-1-4-17(20)13-27-28-21(29)16-5-3-6-18(12-16)22(24,25)26/h1-13H,14H2,(H,28,29)/b27-13-. The maximum absolute atomic E-state index is 12.8. The van der Waals surface area contributed by atoms with Gasteiger partial charge in [-0.2, -0.15) is 18.3 Å². The molecule has 3 aromatic rings. The number of hydrogen-bond donors (Lipinski definition) is 1. The Morgan fingerprint density at radius 1 is 1.03 bits per heavy atom. The molecule has 154 valence electrons. The molecule has 0 saturated carbocycles. The molecule has 0 aliphatic rings. The Bertz CT molecular complexity index is 1050. The van der Waals surface area contributed by atoms with E-state index in [0.717, 1.165) is 22.2 Å². The van der Waals surface area contributed by atoms with Gasteiger partial charge in [0.2, 0.25) is 0 Å². The number of ether oxygens (including phenoxy) is 1. The lowest BCUT2D eigenvalue weighted by atomic mass is 10.1. The molecule has 0 spiro atoms. The highest BCUT2D eigenvalue weighted by molar-refractivity contribution is 9.10. The summed E-state index contributed by atoms with van der Waals surface area (Å²) in [6.07, 6.45) is -3.15. The first kappa shape index (κ1) is 21.6. The molecule has 0 saturated heterocycles. The first-order chi connectivity index (χ1) is 14.3. The number of carbonyl (C=O) groups excluding carboxylic acids is 1. The number of nitrogens with zero attached hydrogens (tertiary/aromatic N) is 1. The number of amides is 1. The Hall–Kier alpha value is -3.13. The average molecular weight is 477 g/mol. The predicted molar refractivity (Wildman–Crippen MR) is 111 cm³/mol. The highest BCUT2D eigenvalue weighted by Gasteiger charge is 2.30. The molecule has 0 radical (unpaired) electrons. The van der Waals surface area contributed by atoms with Crippen molar-refractivity contribution in [3.05, 3.63) is 99.5 Å². The Labute approximate surface area is 179 Å². The van der Waals surface area contributed by atoms with Crippen LogP contribution >= 0.6 is 15.9 Å². The largest absolute Gasteiger partial charge is 0.488 e. The number of benzene rings is 3. The van der Waals surface area contributed by atoms with E-state index >= 15 is 0 Å². The summed E-state index contributed by atoms with van der Waals surface area (Å²) in [5.74, 6) is -0.192. The number of hydrazone groups is 1. The van der Waals surface area contributed by atoms with E-state index in [9.17, 15) is 18.0 Å². The van der Waals surface area contributed by atoms with Crippen molar-refractivity contribution < 1.29 is 22.7 Å². The van der Waals surface area contributed by atoms with E-state index < -0.39 is 17.6 Å². The summed E-state index contributed by atoms with van der Waals surface area (Å²) in [5.41, 5.74) is 2.79. The molecule has 0 fully saturated rings. The second kappa shape index (κ2) is 9.58. The summed E-state index contributed by atoms with van der Waals surface area (Å²) >= 11 is 3.38. The fourth-order valence-corrected chi connectivity index (χ4v) is 2.79. The molecule has 0 aliphatic heterocycles. The lowest BCUT2D eigenvalue weighted by Gasteiger charge is -2.09. The van der Waals surface area contributed by atoms with Crippen molar-refractivity contribution in [1.82, 2.24) is 5.43 Å². The number of carbonyl (C=O) groups is 1. The van der Waals surface area contributed by atoms with Gasteiger partial charge in [-0.25, -0.2) is 5.43 Å². The van der Waals surface area contributed by atoms with Gasteiger partial charge < -0.3 is 4.74 Å². The number of para-hydroxylation sites is 1. The van der Waals surface area contributed by atoms with Crippen LogP contribution in [0.5, 0.6) is 5.75 Å². The van der Waals surface area contributed by atoms with Crippen LogP contribution < -0.4 is 10.2 Å². The van der Waals surface area contributed by atoms with E-state index in [-0.39, 0.29) is 5.56 Å². The number of rotatable bonds is 6. The van der Waals surface area contributed by atoms with Crippen molar-refractivity contribution in [2.45, 2.75) is 12.8 Å². The van der Waals surface area contributed by atoms with Gasteiger partial charge in [0, 0.05) is 15.6 Å². The van der Waals surface area contributed by atoms with Crippen molar-refractivity contribution in [3.8, 4) is 5.75 Å². The Kier molecular flexibility index (Phi) is 6.89. The molecule has 30 heavy (non-hydrogen) atoms. The van der Waals surface area contributed by atoms with Crippen molar-refractivity contribution >= 4 is 28.1 Å². The van der Waals surface area contributed by atoms with Crippen molar-refractivity contribution in [1.29, 1.82) is 0 Å². The van der Waals surface area contributed by atoms with Crippen LogP contribution in [-0.2, 0) is 12.8 Å². The highest BCUT2D eigenvalue weighted by atomic mass is 79.9. The smallest absolute Gasteiger partial charge is 0.416 e. The van der Waals surface area contributed by atoms with E-state index in [1.165, 1.54) is 18.3 Å². The van der Waals surface area contributed by atoms with Gasteiger partial charge in [-0.05, 0) is 48.0 Å². The average Bonchev–Trinajstić information content (AvgIpc) is 2.73. The normalized spacial score (nSPS) is 11.5. The number of alkyl halides is 3. The predicted octanol–water partition coefficient (Wildman–Crippen LogP) is 5.81. The Morgan fingerprint density at radius 2 is 1.77 bits per heavy atom. The molecule has 0 aromatic heterocycles. The lowest BCUT2D eigenvalue weighted by molar-refractivity contribution is -0.137. The zero-order chi connectivity index (χ0) is 21.6. The molecule has 3 aromatic carbocycles. The minimum absolute atomic E-state index is 0.137. The van der Waals surface area contributed by atoms with E-state index in [1.807, 2.05) is 24.3 Å². The molecule has 3 rings (SSSR count). The number of halogens is 4. The maximum atomic E-state index is 12.8. The first-order valence-electron chi connectivity index (χ1n) is 8.80. The number of nitrogens with one attached hydrogen (secondary N) is 1. The van der Waals surface area contributed by atoms with Gasteiger partial charge >= 0.3 is 6.18 Å². The van der Waals surface area contributed by atoms with E-state index in [2.05, 4.69) is 26.5 Å². The molecule has 1 N–H and O–H groups in total. The minimum Gasteiger partial charge on any atom is -0.488 e. The van der Waals surface area contributed by atoms with Crippen LogP contribution in [0.4, 0.5) is 13.2 Å². The van der Waals surface area contributed by atoms with Gasteiger partial charge in [0.1, 0.15) is 12.4 Å². The summed E-state index contributed by atoms with van der Waals surface area (Å²) in [6.45, 7) is 0.342. The van der Waals surface area contributed by atoms with Crippen molar-refractivity contribution in [3.63, 3.8) is 0 Å². The molecule has 0 bridgehead atoms. The van der Waals surface area contributed by atoms with Gasteiger partial charge in [0.15, 0.2) is 0 Å². The molecule has 0 heterocycles. The Morgan fingerprint density at radius 3 is 2.50 bits per heavy atom. The molecular formula is C22H16BrF3N2O2. The van der Waals surface area contributed by atoms with Gasteiger partial charge in [0.05, 0.1) is 11.8 Å². The van der Waals surface area contributed by atoms with Crippen LogP contribution in [0.1, 0.15) is 27.0 Å². The first-order valence-corrected chi connectivity index (χ1v) is 9.59. The lowest BCUT2D eigenvalue weighted by Crippen LogP contribution is -2.18. The van der Waals surface area contributed by atoms with Gasteiger partial charge in [-0.1, -0.05) is 46.3 Å². The fourth-order valence-electron chi connectivity index (χ4n) is 2.52. The summed E-state index contributed by atoms with van der Waals surface area (Å²) < 4.78 is 45.1. The third-order valence-corrected chi connectivity index (χ3v) is 4.58. The van der Waals surface area contributed by atoms with Gasteiger partial charge in [0.25, 0.3) is 5.91 Å². The molecule has 0 aliphatic carbocycles. The van der Waals surface area contributed by atoms with E-state index in [4.69, 9.17) is 4.74 Å². The molecule has 8 heteroatoms. The minimum atomic E-state index is -4.52. The summed E-state index contributed by atoms with van der Waals surface area (Å²) in [7, 11) is 0. The van der Waals surface area contributed by atoms with Crippen molar-refractivity contribution in [2.24, 2.45) is 5.10 Å². The van der Waals surface area contributed by atoms with Crippen molar-refractivity contribution in [2.75, 3.05) is 0 Å². The van der Waals surface area contributed by atoms with Crippen LogP contribution in [0.3, 0.4) is 0 Å². The van der Waals surface area contributed by atoms with Crippen LogP contribution in [-0.4, -0.2) is 12.1 Å². The molecule has 0 unspecified atom stereocenters. The van der Waals surface area contributed by atoms with E-state index in [0.29, 0.717) is 17.9 Å². The summed E-state index contributed by atoms with van der Waals surface area (Å²) in [4.78, 5) is 12.1. The van der Waals surface area contributed by atoms with Gasteiger partial charge in [-0.3, -0.25) is 4.79 Å². The van der Waals surface area contributed by atoms with Crippen LogP contribution in [0.15, 0.2) is 82.4 Å². The number of hydrogen-bond acceptors (Lipinski definition) is 3. The zero-order valence-electron chi connectivity index (χ0n) is 15.5. The topological polar surface area (TPSA) is 50.7 Å². The summed E-state index contributed by atoms with van der Waals surface area (Å²) in [5, 5.41) is 3.85. The molecule has 4 nitrogen and oxygen atoms in total. The van der Waals surface area contributed by atoms with E-state index in [1.54, 1.807) is 24.3 Å². The Balaban J connectivity index is 1.65. The summed E-state index contributed by atoms with van der Waals surface area (Å²) in [6, 6.07) is 18.9. The quantitative estimate of drug-likeness (QED) is 0.360.